The Hall–Kier alpha value is -1.21. The average Bonchev–Trinajstić information content (AvgIpc) is 2.88. The van der Waals surface area contributed by atoms with Crippen molar-refractivity contribution in [3.05, 3.63) is 27.0 Å². The van der Waals surface area contributed by atoms with Gasteiger partial charge in [-0.2, -0.15) is 0 Å². The number of hydrogen-bond donors (Lipinski definition) is 1. The number of pyridine rings is 1. The van der Waals surface area contributed by atoms with Crippen molar-refractivity contribution in [3.63, 3.8) is 0 Å². The van der Waals surface area contributed by atoms with Gasteiger partial charge in [0.05, 0.1) is 9.40 Å². The fourth-order valence-electron chi connectivity index (χ4n) is 2.26. The van der Waals surface area contributed by atoms with Gasteiger partial charge in [0.1, 0.15) is 11.9 Å². The number of hydrogen-bond acceptors (Lipinski definition) is 5. The number of halogens is 1. The molecule has 1 aromatic rings. The monoisotopic (exact) mass is 328 g/mol. The maximum absolute atomic E-state index is 10.9. The Balaban J connectivity index is 1.86. The van der Waals surface area contributed by atoms with Crippen molar-refractivity contribution in [1.82, 2.24) is 9.88 Å². The highest BCUT2D eigenvalue weighted by Gasteiger charge is 2.17. The lowest BCUT2D eigenvalue weighted by molar-refractivity contribution is -0.384. The van der Waals surface area contributed by atoms with E-state index >= 15 is 0 Å². The second-order valence-corrected chi connectivity index (χ2v) is 5.46. The van der Waals surface area contributed by atoms with Gasteiger partial charge in [0.25, 0.3) is 0 Å². The third-order valence-electron chi connectivity index (χ3n) is 3.23. The molecule has 0 aliphatic carbocycles. The fraction of sp³-hybridized carbons (Fsp3) is 0.583. The highest BCUT2D eigenvalue weighted by molar-refractivity contribution is 9.10. The molecule has 1 N–H and O–H groups in total. The summed E-state index contributed by atoms with van der Waals surface area (Å²) in [7, 11) is 0. The number of nitro groups is 1. The van der Waals surface area contributed by atoms with Gasteiger partial charge in [0.15, 0.2) is 0 Å². The van der Waals surface area contributed by atoms with Crippen molar-refractivity contribution in [1.29, 1.82) is 0 Å². The molecule has 2 heterocycles. The van der Waals surface area contributed by atoms with Gasteiger partial charge in [-0.25, -0.2) is 0 Å². The Morgan fingerprint density at radius 1 is 1.42 bits per heavy atom. The molecule has 104 valence electrons. The van der Waals surface area contributed by atoms with E-state index in [1.807, 2.05) is 0 Å². The van der Waals surface area contributed by atoms with E-state index in [-0.39, 0.29) is 5.69 Å². The first-order valence-corrected chi connectivity index (χ1v) is 7.22. The number of rotatable bonds is 6. The molecule has 6 nitrogen and oxygen atoms in total. The first-order valence-electron chi connectivity index (χ1n) is 6.42. The molecule has 1 saturated heterocycles. The molecule has 7 heteroatoms. The number of nitrogens with zero attached hydrogens (tertiary/aromatic N) is 3. The molecule has 0 aromatic carbocycles. The van der Waals surface area contributed by atoms with E-state index < -0.39 is 4.92 Å². The van der Waals surface area contributed by atoms with E-state index in [1.54, 1.807) is 6.20 Å². The molecule has 0 atom stereocenters. The SMILES string of the molecule is O=[N+]([O-])c1cncc(Br)c1NCCCN1CCCC1. The van der Waals surface area contributed by atoms with Gasteiger partial charge >= 0.3 is 5.69 Å². The summed E-state index contributed by atoms with van der Waals surface area (Å²) in [5, 5.41) is 14.0. The van der Waals surface area contributed by atoms with Crippen molar-refractivity contribution < 1.29 is 4.92 Å². The van der Waals surface area contributed by atoms with Crippen LogP contribution in [0.1, 0.15) is 19.3 Å². The highest BCUT2D eigenvalue weighted by Crippen LogP contribution is 2.30. The topological polar surface area (TPSA) is 71.3 Å². The molecule has 0 saturated carbocycles. The molecule has 0 amide bonds. The first kappa shape index (κ1) is 14.2. The lowest BCUT2D eigenvalue weighted by Gasteiger charge is -2.15. The third-order valence-corrected chi connectivity index (χ3v) is 3.83. The fourth-order valence-corrected chi connectivity index (χ4v) is 2.72. The summed E-state index contributed by atoms with van der Waals surface area (Å²) in [5.41, 5.74) is 0.525. The zero-order chi connectivity index (χ0) is 13.7. The molecular weight excluding hydrogens is 312 g/mol. The van der Waals surface area contributed by atoms with Crippen LogP contribution in [-0.2, 0) is 0 Å². The number of nitrogens with one attached hydrogen (secondary N) is 1. The van der Waals surface area contributed by atoms with Crippen molar-refractivity contribution in [3.8, 4) is 0 Å². The van der Waals surface area contributed by atoms with Crippen molar-refractivity contribution in [2.24, 2.45) is 0 Å². The molecular formula is C12H17BrN4O2. The van der Waals surface area contributed by atoms with Crippen LogP contribution in [0.5, 0.6) is 0 Å². The van der Waals surface area contributed by atoms with Crippen LogP contribution < -0.4 is 5.32 Å². The van der Waals surface area contributed by atoms with Crippen LogP contribution in [0.2, 0.25) is 0 Å². The molecule has 1 fully saturated rings. The van der Waals surface area contributed by atoms with Crippen LogP contribution in [0.3, 0.4) is 0 Å². The molecule has 1 aliphatic rings. The van der Waals surface area contributed by atoms with Crippen LogP contribution in [0, 0.1) is 10.1 Å². The minimum Gasteiger partial charge on any atom is -0.378 e. The molecule has 2 rings (SSSR count). The largest absolute Gasteiger partial charge is 0.378 e. The van der Waals surface area contributed by atoms with Gasteiger partial charge in [-0.3, -0.25) is 15.1 Å². The lowest BCUT2D eigenvalue weighted by Crippen LogP contribution is -2.22. The molecule has 0 bridgehead atoms. The van der Waals surface area contributed by atoms with Gasteiger partial charge < -0.3 is 10.2 Å². The van der Waals surface area contributed by atoms with E-state index in [4.69, 9.17) is 0 Å². The Morgan fingerprint density at radius 3 is 2.84 bits per heavy atom. The quantitative estimate of drug-likeness (QED) is 0.493. The molecule has 0 spiro atoms. The highest BCUT2D eigenvalue weighted by atomic mass is 79.9. The maximum atomic E-state index is 10.9. The summed E-state index contributed by atoms with van der Waals surface area (Å²) in [6.07, 6.45) is 6.39. The Labute approximate surface area is 120 Å². The van der Waals surface area contributed by atoms with E-state index in [0.717, 1.165) is 19.5 Å². The van der Waals surface area contributed by atoms with Crippen LogP contribution in [0.15, 0.2) is 16.9 Å². The predicted molar refractivity (Wildman–Crippen MR) is 77.4 cm³/mol. The van der Waals surface area contributed by atoms with E-state index in [9.17, 15) is 10.1 Å². The zero-order valence-electron chi connectivity index (χ0n) is 10.6. The van der Waals surface area contributed by atoms with Crippen LogP contribution in [0.25, 0.3) is 0 Å². The summed E-state index contributed by atoms with van der Waals surface area (Å²) >= 11 is 3.29. The summed E-state index contributed by atoms with van der Waals surface area (Å²) in [6.45, 7) is 4.13. The predicted octanol–water partition coefficient (Wildman–Crippen LogP) is 2.65. The second-order valence-electron chi connectivity index (χ2n) is 4.60. The normalized spacial score (nSPS) is 15.6. The molecule has 0 unspecified atom stereocenters. The minimum atomic E-state index is -0.416. The summed E-state index contributed by atoms with van der Waals surface area (Å²) < 4.78 is 0.628. The Kier molecular flexibility index (Phi) is 5.09. The van der Waals surface area contributed by atoms with Gasteiger partial charge in [0, 0.05) is 12.7 Å². The van der Waals surface area contributed by atoms with Gasteiger partial charge in [0.2, 0.25) is 0 Å². The number of anilines is 1. The van der Waals surface area contributed by atoms with Crippen LogP contribution >= 0.6 is 15.9 Å². The zero-order valence-corrected chi connectivity index (χ0v) is 12.2. The average molecular weight is 329 g/mol. The lowest BCUT2D eigenvalue weighted by atomic mass is 10.3. The standard InChI is InChI=1S/C12H17BrN4O2/c13-10-8-14-9-11(17(18)19)12(10)15-4-3-7-16-5-1-2-6-16/h8-9H,1-7H2,(H,14,15). The summed E-state index contributed by atoms with van der Waals surface area (Å²) in [6, 6.07) is 0. The summed E-state index contributed by atoms with van der Waals surface area (Å²) in [5.74, 6) is 0. The van der Waals surface area contributed by atoms with Gasteiger partial charge in [-0.05, 0) is 54.8 Å². The van der Waals surface area contributed by atoms with Crippen molar-refractivity contribution in [2.75, 3.05) is 31.5 Å². The first-order chi connectivity index (χ1) is 9.18. The smallest absolute Gasteiger partial charge is 0.311 e. The minimum absolute atomic E-state index is 0.00977. The van der Waals surface area contributed by atoms with Crippen molar-refractivity contribution >= 4 is 27.3 Å². The number of likely N-dealkylation sites (tertiary alicyclic amines) is 1. The molecule has 1 aromatic heterocycles. The summed E-state index contributed by atoms with van der Waals surface area (Å²) in [4.78, 5) is 16.7. The van der Waals surface area contributed by atoms with Gasteiger partial charge in [-0.1, -0.05) is 0 Å². The maximum Gasteiger partial charge on any atom is 0.311 e. The third kappa shape index (κ3) is 3.87. The van der Waals surface area contributed by atoms with Crippen LogP contribution in [-0.4, -0.2) is 41.0 Å². The molecule has 1 aliphatic heterocycles. The molecule has 19 heavy (non-hydrogen) atoms. The van der Waals surface area contributed by atoms with Gasteiger partial charge in [-0.15, -0.1) is 0 Å². The Bertz CT molecular complexity index is 449. The van der Waals surface area contributed by atoms with Crippen molar-refractivity contribution in [2.45, 2.75) is 19.3 Å². The number of aromatic nitrogens is 1. The van der Waals surface area contributed by atoms with E-state index in [2.05, 4.69) is 31.1 Å². The van der Waals surface area contributed by atoms with Crippen LogP contribution in [0.4, 0.5) is 11.4 Å². The van der Waals surface area contributed by atoms with E-state index in [0.29, 0.717) is 10.2 Å². The van der Waals surface area contributed by atoms with E-state index in [1.165, 1.54) is 32.1 Å². The second kappa shape index (κ2) is 6.81. The Morgan fingerprint density at radius 2 is 2.16 bits per heavy atom. The molecule has 0 radical (unpaired) electrons.